The number of hydrogen-bond donors (Lipinski definition) is 2. The summed E-state index contributed by atoms with van der Waals surface area (Å²) in [6.07, 6.45) is 2.04. The van der Waals surface area contributed by atoms with Crippen molar-refractivity contribution in [3.05, 3.63) is 46.1 Å². The molecule has 0 spiro atoms. The van der Waals surface area contributed by atoms with E-state index in [2.05, 4.69) is 27.5 Å². The van der Waals surface area contributed by atoms with Gasteiger partial charge in [0.15, 0.2) is 5.82 Å². The standard InChI is InChI=1S/C16H19ClN4O/c1-21-9-8-13-14(10-21)19-20-16(13)18-15(22)7-4-11-2-5-12(17)6-3-11/h2-3,5-6H,4,7-10H2,1H3,(H2,18,19,20,22). The van der Waals surface area contributed by atoms with Crippen LogP contribution in [0.3, 0.4) is 0 Å². The number of anilines is 1. The van der Waals surface area contributed by atoms with E-state index in [0.717, 1.165) is 36.3 Å². The van der Waals surface area contributed by atoms with Gasteiger partial charge in [-0.3, -0.25) is 9.89 Å². The molecule has 0 atom stereocenters. The van der Waals surface area contributed by atoms with Crippen molar-refractivity contribution in [2.24, 2.45) is 0 Å². The summed E-state index contributed by atoms with van der Waals surface area (Å²) in [7, 11) is 2.08. The van der Waals surface area contributed by atoms with Gasteiger partial charge in [0.1, 0.15) is 0 Å². The van der Waals surface area contributed by atoms with E-state index in [4.69, 9.17) is 11.6 Å². The van der Waals surface area contributed by atoms with Crippen molar-refractivity contribution in [2.45, 2.75) is 25.8 Å². The molecule has 6 heteroatoms. The van der Waals surface area contributed by atoms with Gasteiger partial charge in [-0.05, 0) is 37.6 Å². The summed E-state index contributed by atoms with van der Waals surface area (Å²) in [6, 6.07) is 7.58. The van der Waals surface area contributed by atoms with Gasteiger partial charge in [0.2, 0.25) is 5.91 Å². The quantitative estimate of drug-likeness (QED) is 0.911. The van der Waals surface area contributed by atoms with E-state index in [1.54, 1.807) is 0 Å². The Morgan fingerprint density at radius 2 is 2.18 bits per heavy atom. The average molecular weight is 319 g/mol. The molecule has 0 saturated carbocycles. The Labute approximate surface area is 134 Å². The van der Waals surface area contributed by atoms with Crippen LogP contribution in [0.25, 0.3) is 0 Å². The summed E-state index contributed by atoms with van der Waals surface area (Å²) < 4.78 is 0. The number of rotatable bonds is 4. The number of carbonyl (C=O) groups is 1. The fourth-order valence-electron chi connectivity index (χ4n) is 2.66. The lowest BCUT2D eigenvalue weighted by molar-refractivity contribution is -0.116. The number of aromatic amines is 1. The minimum atomic E-state index is -0.0109. The van der Waals surface area contributed by atoms with Crippen molar-refractivity contribution in [1.29, 1.82) is 0 Å². The lowest BCUT2D eigenvalue weighted by atomic mass is 10.1. The highest BCUT2D eigenvalue weighted by molar-refractivity contribution is 6.30. The largest absolute Gasteiger partial charge is 0.309 e. The van der Waals surface area contributed by atoms with Crippen molar-refractivity contribution in [2.75, 3.05) is 18.9 Å². The van der Waals surface area contributed by atoms with Crippen molar-refractivity contribution >= 4 is 23.3 Å². The molecule has 0 aliphatic carbocycles. The molecule has 1 aliphatic rings. The normalized spacial score (nSPS) is 14.6. The molecule has 1 aliphatic heterocycles. The number of fused-ring (bicyclic) bond motifs is 1. The first-order valence-corrected chi connectivity index (χ1v) is 7.78. The molecule has 3 rings (SSSR count). The number of nitrogens with zero attached hydrogens (tertiary/aromatic N) is 2. The van der Waals surface area contributed by atoms with Gasteiger partial charge >= 0.3 is 0 Å². The number of halogens is 1. The molecule has 1 aromatic carbocycles. The highest BCUT2D eigenvalue weighted by Crippen LogP contribution is 2.23. The smallest absolute Gasteiger partial charge is 0.225 e. The van der Waals surface area contributed by atoms with Crippen LogP contribution in [-0.2, 0) is 24.2 Å². The number of aromatic nitrogens is 2. The zero-order valence-corrected chi connectivity index (χ0v) is 13.3. The number of hydrogen-bond acceptors (Lipinski definition) is 3. The van der Waals surface area contributed by atoms with E-state index < -0.39 is 0 Å². The first kappa shape index (κ1) is 15.1. The Morgan fingerprint density at radius 3 is 2.95 bits per heavy atom. The molecule has 22 heavy (non-hydrogen) atoms. The molecule has 2 heterocycles. The zero-order chi connectivity index (χ0) is 15.5. The topological polar surface area (TPSA) is 61.0 Å². The summed E-state index contributed by atoms with van der Waals surface area (Å²) >= 11 is 5.85. The van der Waals surface area contributed by atoms with E-state index >= 15 is 0 Å². The molecule has 2 aromatic rings. The maximum Gasteiger partial charge on any atom is 0.225 e. The van der Waals surface area contributed by atoms with Crippen molar-refractivity contribution in [3.8, 4) is 0 Å². The number of H-pyrrole nitrogens is 1. The maximum absolute atomic E-state index is 12.1. The minimum absolute atomic E-state index is 0.0109. The maximum atomic E-state index is 12.1. The van der Waals surface area contributed by atoms with Crippen LogP contribution in [0.15, 0.2) is 24.3 Å². The Hall–Kier alpha value is -1.85. The third-order valence-electron chi connectivity index (χ3n) is 3.94. The van der Waals surface area contributed by atoms with E-state index in [0.29, 0.717) is 23.7 Å². The van der Waals surface area contributed by atoms with Crippen LogP contribution < -0.4 is 5.32 Å². The summed E-state index contributed by atoms with van der Waals surface area (Å²) in [5, 5.41) is 10.9. The molecule has 0 unspecified atom stereocenters. The second-order valence-electron chi connectivity index (χ2n) is 5.69. The molecule has 116 valence electrons. The molecule has 0 bridgehead atoms. The first-order valence-electron chi connectivity index (χ1n) is 7.41. The second-order valence-corrected chi connectivity index (χ2v) is 6.13. The van der Waals surface area contributed by atoms with Crippen LogP contribution in [0.4, 0.5) is 5.82 Å². The number of aryl methyl sites for hydroxylation is 1. The monoisotopic (exact) mass is 318 g/mol. The molecule has 1 aromatic heterocycles. The highest BCUT2D eigenvalue weighted by atomic mass is 35.5. The van der Waals surface area contributed by atoms with Crippen molar-refractivity contribution in [1.82, 2.24) is 15.1 Å². The molecule has 0 saturated heterocycles. The van der Waals surface area contributed by atoms with E-state index in [-0.39, 0.29) is 5.91 Å². The molecule has 5 nitrogen and oxygen atoms in total. The highest BCUT2D eigenvalue weighted by Gasteiger charge is 2.20. The first-order chi connectivity index (χ1) is 10.6. The Kier molecular flexibility index (Phi) is 4.45. The summed E-state index contributed by atoms with van der Waals surface area (Å²) in [6.45, 7) is 1.84. The number of nitrogens with one attached hydrogen (secondary N) is 2. The van der Waals surface area contributed by atoms with Crippen LogP contribution in [0, 0.1) is 0 Å². The van der Waals surface area contributed by atoms with Gasteiger partial charge in [0.05, 0.1) is 5.69 Å². The summed E-state index contributed by atoms with van der Waals surface area (Å²) in [5.74, 6) is 0.674. The Balaban J connectivity index is 1.57. The van der Waals surface area contributed by atoms with E-state index in [1.165, 1.54) is 0 Å². The van der Waals surface area contributed by atoms with Gasteiger partial charge in [-0.1, -0.05) is 23.7 Å². The lowest BCUT2D eigenvalue weighted by Crippen LogP contribution is -2.26. The predicted molar refractivity (Wildman–Crippen MR) is 87.0 cm³/mol. The van der Waals surface area contributed by atoms with E-state index in [1.807, 2.05) is 24.3 Å². The SMILES string of the molecule is CN1CCc2c(NC(=O)CCc3ccc(Cl)cc3)n[nH]c2C1. The number of likely N-dealkylation sites (N-methyl/N-ethyl adjacent to an activating group) is 1. The lowest BCUT2D eigenvalue weighted by Gasteiger charge is -2.21. The van der Waals surface area contributed by atoms with Crippen LogP contribution in [0.1, 0.15) is 23.2 Å². The molecule has 0 fully saturated rings. The van der Waals surface area contributed by atoms with Gasteiger partial charge < -0.3 is 10.2 Å². The number of benzene rings is 1. The van der Waals surface area contributed by atoms with Crippen LogP contribution in [0.2, 0.25) is 5.02 Å². The van der Waals surface area contributed by atoms with Gasteiger partial charge in [-0.15, -0.1) is 0 Å². The minimum Gasteiger partial charge on any atom is -0.309 e. The van der Waals surface area contributed by atoms with Gasteiger partial charge in [-0.25, -0.2) is 0 Å². The van der Waals surface area contributed by atoms with Crippen LogP contribution >= 0.6 is 11.6 Å². The second kappa shape index (κ2) is 6.50. The third kappa shape index (κ3) is 3.48. The molecular formula is C16H19ClN4O. The molecular weight excluding hydrogens is 300 g/mol. The van der Waals surface area contributed by atoms with Gasteiger partial charge in [0.25, 0.3) is 0 Å². The number of amides is 1. The van der Waals surface area contributed by atoms with Crippen LogP contribution in [-0.4, -0.2) is 34.6 Å². The molecule has 2 N–H and O–H groups in total. The third-order valence-corrected chi connectivity index (χ3v) is 4.19. The molecule has 0 radical (unpaired) electrons. The Bertz CT molecular complexity index is 665. The van der Waals surface area contributed by atoms with Crippen molar-refractivity contribution < 1.29 is 4.79 Å². The average Bonchev–Trinajstić information content (AvgIpc) is 2.89. The number of carbonyl (C=O) groups excluding carboxylic acids is 1. The zero-order valence-electron chi connectivity index (χ0n) is 12.5. The summed E-state index contributed by atoms with van der Waals surface area (Å²) in [4.78, 5) is 14.3. The fraction of sp³-hybridized carbons (Fsp3) is 0.375. The van der Waals surface area contributed by atoms with Gasteiger partial charge in [0, 0.05) is 30.1 Å². The van der Waals surface area contributed by atoms with E-state index in [9.17, 15) is 4.79 Å². The predicted octanol–water partition coefficient (Wildman–Crippen LogP) is 2.62. The fourth-order valence-corrected chi connectivity index (χ4v) is 2.79. The van der Waals surface area contributed by atoms with Crippen molar-refractivity contribution in [3.63, 3.8) is 0 Å². The van der Waals surface area contributed by atoms with Crippen LogP contribution in [0.5, 0.6) is 0 Å². The summed E-state index contributed by atoms with van der Waals surface area (Å²) in [5.41, 5.74) is 3.34. The van der Waals surface area contributed by atoms with Gasteiger partial charge in [-0.2, -0.15) is 5.10 Å². The Morgan fingerprint density at radius 1 is 1.41 bits per heavy atom. The molecule has 1 amide bonds.